The number of nitrogens with zero attached hydrogens (tertiary/aromatic N) is 8. The van der Waals surface area contributed by atoms with E-state index in [1.165, 1.54) is 55.6 Å². The van der Waals surface area contributed by atoms with Gasteiger partial charge in [0.1, 0.15) is 15.5 Å². The van der Waals surface area contributed by atoms with Crippen LogP contribution in [0.15, 0.2) is 121 Å². The Morgan fingerprint density at radius 2 is 1.25 bits per heavy atom. The van der Waals surface area contributed by atoms with Gasteiger partial charge in [0.05, 0.1) is 53.3 Å². The summed E-state index contributed by atoms with van der Waals surface area (Å²) in [6.45, 7) is -0.0290. The number of carbonyl (C=O) groups is 2. The van der Waals surface area contributed by atoms with Crippen LogP contribution in [0.5, 0.6) is 5.75 Å². The van der Waals surface area contributed by atoms with Gasteiger partial charge in [-0.1, -0.05) is 12.1 Å². The summed E-state index contributed by atoms with van der Waals surface area (Å²) in [4.78, 5) is 36.7. The van der Waals surface area contributed by atoms with Crippen molar-refractivity contribution in [2.45, 2.75) is 9.79 Å². The van der Waals surface area contributed by atoms with E-state index in [2.05, 4.69) is 46.0 Å². The number of benzene rings is 5. The van der Waals surface area contributed by atoms with E-state index in [4.69, 9.17) is 4.74 Å². The number of fused-ring (bicyclic) bond motifs is 1. The molecule has 5 aromatic carbocycles. The fourth-order valence-corrected chi connectivity index (χ4v) is 6.98. The van der Waals surface area contributed by atoms with Gasteiger partial charge in [-0.15, -0.1) is 0 Å². The standard InChI is InChI=1S/C37H32N10O12S2/c1-47(12-13-48)37-41-35(40-36(42-37)39-29-11-10-24(18-30(29)59-2)44-45-25-15-20(33(49)50)14-21(16-25)34(51)52)38-22-6-8-23(9-7-22)43-46-26-17-28-27(32(19-26)61(56,57)58)4-3-5-31(28)60(53,54)55/h3-11,14-19,48H,12-13H2,1-2H3,(H,49,50)(H,51,52)(H,53,54,55)(H,56,57,58)(H2,38,39,40,41,42)/b45-44+,46-43+. The monoisotopic (exact) mass is 872 g/mol. The summed E-state index contributed by atoms with van der Waals surface area (Å²) in [5.74, 6) is -2.10. The van der Waals surface area contributed by atoms with Gasteiger partial charge in [-0.3, -0.25) is 9.11 Å². The van der Waals surface area contributed by atoms with E-state index in [1.54, 1.807) is 36.2 Å². The number of aromatic carboxylic acids is 2. The Morgan fingerprint density at radius 1 is 0.672 bits per heavy atom. The molecular weight excluding hydrogens is 841 g/mol. The van der Waals surface area contributed by atoms with Crippen molar-refractivity contribution in [1.29, 1.82) is 0 Å². The van der Waals surface area contributed by atoms with Crippen molar-refractivity contribution >= 4 is 94.9 Å². The zero-order valence-electron chi connectivity index (χ0n) is 31.6. The maximum Gasteiger partial charge on any atom is 0.335 e. The van der Waals surface area contributed by atoms with Crippen LogP contribution in [0.4, 0.5) is 52.0 Å². The number of carboxylic acid groups (broad SMARTS) is 2. The zero-order valence-corrected chi connectivity index (χ0v) is 33.2. The van der Waals surface area contributed by atoms with E-state index < -0.39 is 42.0 Å². The minimum atomic E-state index is -4.85. The number of anilines is 5. The Hall–Kier alpha value is -7.51. The molecule has 0 spiro atoms. The van der Waals surface area contributed by atoms with Gasteiger partial charge in [0.2, 0.25) is 17.8 Å². The Morgan fingerprint density at radius 3 is 1.84 bits per heavy atom. The molecule has 0 aliphatic heterocycles. The molecular formula is C37H32N10O12S2. The maximum atomic E-state index is 12.2. The number of carboxylic acids is 2. The van der Waals surface area contributed by atoms with Crippen LogP contribution in [0.2, 0.25) is 0 Å². The molecule has 0 saturated carbocycles. The Bertz CT molecular complexity index is 2940. The van der Waals surface area contributed by atoms with Crippen molar-refractivity contribution in [1.82, 2.24) is 15.0 Å². The van der Waals surface area contributed by atoms with Crippen molar-refractivity contribution < 1.29 is 55.6 Å². The van der Waals surface area contributed by atoms with Crippen molar-refractivity contribution in [3.8, 4) is 5.75 Å². The molecule has 24 heteroatoms. The van der Waals surface area contributed by atoms with Crippen LogP contribution in [-0.4, -0.2) is 95.5 Å². The van der Waals surface area contributed by atoms with Gasteiger partial charge in [-0.2, -0.15) is 52.2 Å². The third-order valence-corrected chi connectivity index (χ3v) is 10.2. The summed E-state index contributed by atoms with van der Waals surface area (Å²) in [5.41, 5.74) is 0.712. The normalized spacial score (nSPS) is 11.9. The number of methoxy groups -OCH3 is 1. The van der Waals surface area contributed by atoms with E-state index in [9.17, 15) is 50.8 Å². The third kappa shape index (κ3) is 10.6. The van der Waals surface area contributed by atoms with Crippen molar-refractivity contribution in [2.75, 3.05) is 42.8 Å². The van der Waals surface area contributed by atoms with E-state index in [0.717, 1.165) is 18.2 Å². The quantitative estimate of drug-likeness (QED) is 0.0394. The second-order valence-corrected chi connectivity index (χ2v) is 15.4. The molecule has 0 saturated heterocycles. The maximum absolute atomic E-state index is 12.2. The molecule has 1 heterocycles. The molecule has 0 fully saturated rings. The fourth-order valence-electron chi connectivity index (χ4n) is 5.56. The molecule has 0 radical (unpaired) electrons. The largest absolute Gasteiger partial charge is 0.494 e. The number of nitrogens with one attached hydrogen (secondary N) is 2. The second-order valence-electron chi connectivity index (χ2n) is 12.6. The van der Waals surface area contributed by atoms with Gasteiger partial charge >= 0.3 is 11.9 Å². The van der Waals surface area contributed by atoms with E-state index in [0.29, 0.717) is 11.4 Å². The highest BCUT2D eigenvalue weighted by Crippen LogP contribution is 2.35. The lowest BCUT2D eigenvalue weighted by Crippen LogP contribution is -2.24. The highest BCUT2D eigenvalue weighted by molar-refractivity contribution is 7.86. The highest BCUT2D eigenvalue weighted by atomic mass is 32.2. The van der Waals surface area contributed by atoms with Crippen LogP contribution in [0, 0.1) is 0 Å². The van der Waals surface area contributed by atoms with Crippen molar-refractivity contribution in [3.05, 3.63) is 102 Å². The number of hydrogen-bond donors (Lipinski definition) is 7. The average Bonchev–Trinajstić information content (AvgIpc) is 3.21. The molecule has 0 bridgehead atoms. The molecule has 314 valence electrons. The van der Waals surface area contributed by atoms with Gasteiger partial charge in [0.25, 0.3) is 20.2 Å². The first-order valence-electron chi connectivity index (χ1n) is 17.3. The lowest BCUT2D eigenvalue weighted by Gasteiger charge is -2.18. The SMILES string of the molecule is COc1cc(/N=N/c2cc(C(=O)O)cc(C(=O)O)c2)ccc1Nc1nc(Nc2ccc(/N=N/c3cc(S(=O)(=O)O)c4cccc(S(=O)(=O)O)c4c3)cc2)nc(N(C)CCO)n1. The molecule has 22 nitrogen and oxygen atoms in total. The van der Waals surface area contributed by atoms with Crippen LogP contribution in [0.1, 0.15) is 20.7 Å². The van der Waals surface area contributed by atoms with E-state index >= 15 is 0 Å². The topological polar surface area (TPSA) is 328 Å². The number of aliphatic hydroxyl groups is 1. The summed E-state index contributed by atoms with van der Waals surface area (Å²) in [6.07, 6.45) is 0. The van der Waals surface area contributed by atoms with E-state index in [-0.39, 0.29) is 81.4 Å². The second kappa shape index (κ2) is 17.8. The molecule has 7 N–H and O–H groups in total. The molecule has 0 amide bonds. The lowest BCUT2D eigenvalue weighted by molar-refractivity contribution is 0.0696. The number of hydrogen-bond acceptors (Lipinski definition) is 18. The van der Waals surface area contributed by atoms with Gasteiger partial charge in [-0.25, -0.2) is 9.59 Å². The average molecular weight is 873 g/mol. The van der Waals surface area contributed by atoms with Gasteiger partial charge in [-0.05, 0) is 72.8 Å². The Kier molecular flexibility index (Phi) is 12.6. The third-order valence-electron chi connectivity index (χ3n) is 8.39. The minimum absolute atomic E-state index is 0.000670. The van der Waals surface area contributed by atoms with E-state index in [1.807, 2.05) is 0 Å². The summed E-state index contributed by atoms with van der Waals surface area (Å²) in [5, 5.41) is 50.2. The summed E-state index contributed by atoms with van der Waals surface area (Å²) in [6, 6.07) is 20.0. The predicted molar refractivity (Wildman–Crippen MR) is 218 cm³/mol. The molecule has 0 unspecified atom stereocenters. The Balaban J connectivity index is 1.24. The first-order chi connectivity index (χ1) is 28.9. The first kappa shape index (κ1) is 43.1. The molecule has 1 aromatic heterocycles. The molecule has 0 aliphatic carbocycles. The summed E-state index contributed by atoms with van der Waals surface area (Å²) < 4.78 is 73.4. The predicted octanol–water partition coefficient (Wildman–Crippen LogP) is 6.67. The fraction of sp³-hybridized carbons (Fsp3) is 0.108. The molecule has 6 aromatic rings. The number of aromatic nitrogens is 3. The zero-order chi connectivity index (χ0) is 44.1. The molecule has 61 heavy (non-hydrogen) atoms. The number of ether oxygens (including phenoxy) is 1. The van der Waals surface area contributed by atoms with Crippen LogP contribution < -0.4 is 20.3 Å². The number of aliphatic hydroxyl groups excluding tert-OH is 1. The van der Waals surface area contributed by atoms with Crippen molar-refractivity contribution in [3.63, 3.8) is 0 Å². The van der Waals surface area contributed by atoms with Crippen LogP contribution in [0.3, 0.4) is 0 Å². The summed E-state index contributed by atoms with van der Waals surface area (Å²) >= 11 is 0. The van der Waals surface area contributed by atoms with Crippen LogP contribution >= 0.6 is 0 Å². The molecule has 0 atom stereocenters. The van der Waals surface area contributed by atoms with Gasteiger partial charge in [0.15, 0.2) is 0 Å². The highest BCUT2D eigenvalue weighted by Gasteiger charge is 2.21. The van der Waals surface area contributed by atoms with Crippen LogP contribution in [-0.2, 0) is 20.2 Å². The molecule has 0 aliphatic rings. The Labute approximate surface area is 345 Å². The minimum Gasteiger partial charge on any atom is -0.494 e. The van der Waals surface area contributed by atoms with Gasteiger partial charge in [0, 0.05) is 36.1 Å². The van der Waals surface area contributed by atoms with Gasteiger partial charge < -0.3 is 35.6 Å². The number of azo groups is 2. The summed E-state index contributed by atoms with van der Waals surface area (Å²) in [7, 11) is -6.58. The first-order valence-corrected chi connectivity index (χ1v) is 20.2. The lowest BCUT2D eigenvalue weighted by atomic mass is 10.1. The van der Waals surface area contributed by atoms with Crippen LogP contribution in [0.25, 0.3) is 10.8 Å². The number of rotatable bonds is 16. The smallest absolute Gasteiger partial charge is 0.335 e. The molecule has 6 rings (SSSR count). The van der Waals surface area contributed by atoms with Crippen molar-refractivity contribution in [2.24, 2.45) is 20.5 Å². The number of likely N-dealkylation sites (N-methyl/N-ethyl adjacent to an activating group) is 1.